The fraction of sp³-hybridized carbons (Fsp3) is 0.115. The Morgan fingerprint density at radius 1 is 0.950 bits per heavy atom. The molecule has 0 saturated carbocycles. The largest absolute Gasteiger partial charge is 0.487 e. The number of ether oxygens (including phenoxy) is 1. The quantitative estimate of drug-likeness (QED) is 0.189. The lowest BCUT2D eigenvalue weighted by molar-refractivity contribution is 0.252. The first-order chi connectivity index (χ1) is 19.0. The van der Waals surface area contributed by atoms with Gasteiger partial charge >= 0.3 is 16.3 Å². The number of nitrogen functional groups attached to an aromatic ring is 2. The van der Waals surface area contributed by atoms with Gasteiger partial charge in [-0.15, -0.1) is 3.89 Å². The summed E-state index contributed by atoms with van der Waals surface area (Å²) in [6, 6.07) is 16.6. The van der Waals surface area contributed by atoms with E-state index in [4.69, 9.17) is 39.4 Å². The van der Waals surface area contributed by atoms with E-state index in [1.165, 1.54) is 12.1 Å². The van der Waals surface area contributed by atoms with E-state index in [0.29, 0.717) is 51.3 Å². The van der Waals surface area contributed by atoms with E-state index in [2.05, 4.69) is 20.6 Å². The third-order valence-electron chi connectivity index (χ3n) is 5.63. The molecular weight excluding hydrogens is 582 g/mol. The minimum Gasteiger partial charge on any atom is -0.487 e. The molecule has 14 heteroatoms. The summed E-state index contributed by atoms with van der Waals surface area (Å²) in [5.41, 5.74) is 14.9. The molecule has 0 aliphatic carbocycles. The van der Waals surface area contributed by atoms with Gasteiger partial charge in [0.2, 0.25) is 5.95 Å². The third-order valence-corrected chi connectivity index (χ3v) is 7.20. The molecule has 1 heterocycles. The fourth-order valence-electron chi connectivity index (χ4n) is 3.72. The predicted octanol–water partition coefficient (Wildman–Crippen LogP) is 5.22. The Bertz CT molecular complexity index is 1640. The third kappa shape index (κ3) is 7.50. The Morgan fingerprint density at radius 2 is 1.65 bits per heavy atom. The lowest BCUT2D eigenvalue weighted by Crippen LogP contribution is -2.30. The van der Waals surface area contributed by atoms with Crippen molar-refractivity contribution in [3.05, 3.63) is 88.0 Å². The maximum atomic E-state index is 13.0. The van der Waals surface area contributed by atoms with Crippen LogP contribution < -0.4 is 26.8 Å². The zero-order valence-electron chi connectivity index (χ0n) is 20.7. The number of nitrogens with zero attached hydrogens (tertiary/aromatic N) is 2. The highest BCUT2D eigenvalue weighted by Crippen LogP contribution is 2.33. The van der Waals surface area contributed by atoms with Gasteiger partial charge in [0.05, 0.1) is 20.6 Å². The second-order valence-electron chi connectivity index (χ2n) is 8.44. The molecule has 0 saturated heterocycles. The van der Waals surface area contributed by atoms with Crippen LogP contribution in [0.5, 0.6) is 5.75 Å². The molecule has 6 N–H and O–H groups in total. The summed E-state index contributed by atoms with van der Waals surface area (Å²) in [5, 5.41) is 6.00. The number of benzene rings is 3. The molecule has 10 nitrogen and oxygen atoms in total. The number of halogens is 3. The standard InChI is InChI=1S/C26H23Cl2FN6O4S/c27-20-10-3-16(13-21(20)28)23-22(34-25(31)35-24(23)30)14-39-18-6-1-15(2-7-18)11-12-32-26(36)33-17-4-8-19(9-5-17)40(29,37)38/h1-10,13H,11-12,14H2,(H2,32,33,36)(H4,30,31,34,35). The van der Waals surface area contributed by atoms with E-state index < -0.39 is 21.1 Å². The van der Waals surface area contributed by atoms with Crippen molar-refractivity contribution < 1.29 is 21.8 Å². The van der Waals surface area contributed by atoms with Crippen molar-refractivity contribution in [3.8, 4) is 16.9 Å². The van der Waals surface area contributed by atoms with E-state index in [9.17, 15) is 17.1 Å². The number of amides is 2. The highest BCUT2D eigenvalue weighted by Gasteiger charge is 2.16. The number of anilines is 3. The molecule has 2 amide bonds. The van der Waals surface area contributed by atoms with Gasteiger partial charge in [0.25, 0.3) is 0 Å². The SMILES string of the molecule is Nc1nc(N)c(-c2ccc(Cl)c(Cl)c2)c(COc2ccc(CCNC(=O)Nc3ccc(S(=O)(=O)F)cc3)cc2)n1. The second kappa shape index (κ2) is 12.4. The van der Waals surface area contributed by atoms with Crippen LogP contribution in [0.4, 0.5) is 26.1 Å². The minimum atomic E-state index is -4.80. The Balaban J connectivity index is 1.31. The summed E-state index contributed by atoms with van der Waals surface area (Å²) in [5.74, 6) is 0.765. The van der Waals surface area contributed by atoms with Gasteiger partial charge in [-0.3, -0.25) is 0 Å². The van der Waals surface area contributed by atoms with E-state index in [1.54, 1.807) is 30.3 Å². The van der Waals surface area contributed by atoms with Crippen molar-refractivity contribution in [1.82, 2.24) is 15.3 Å². The van der Waals surface area contributed by atoms with Gasteiger partial charge in [0.15, 0.2) is 0 Å². The van der Waals surface area contributed by atoms with Gasteiger partial charge in [-0.2, -0.15) is 13.4 Å². The first kappa shape index (κ1) is 28.9. The number of rotatable bonds is 9. The van der Waals surface area contributed by atoms with Crippen LogP contribution in [0.3, 0.4) is 0 Å². The van der Waals surface area contributed by atoms with E-state index in [1.807, 2.05) is 12.1 Å². The summed E-state index contributed by atoms with van der Waals surface area (Å²) < 4.78 is 40.6. The van der Waals surface area contributed by atoms with E-state index >= 15 is 0 Å². The van der Waals surface area contributed by atoms with Gasteiger partial charge in [-0.05, 0) is 66.1 Å². The minimum absolute atomic E-state index is 0.0107. The zero-order valence-corrected chi connectivity index (χ0v) is 23.0. The van der Waals surface area contributed by atoms with Crippen LogP contribution in [0.15, 0.2) is 71.6 Å². The molecule has 0 atom stereocenters. The molecule has 0 aliphatic rings. The van der Waals surface area contributed by atoms with Gasteiger partial charge < -0.3 is 26.8 Å². The van der Waals surface area contributed by atoms with Crippen LogP contribution in [-0.2, 0) is 23.3 Å². The molecule has 0 radical (unpaired) electrons. The van der Waals surface area contributed by atoms with Crippen molar-refractivity contribution in [2.24, 2.45) is 0 Å². The predicted molar refractivity (Wildman–Crippen MR) is 153 cm³/mol. The number of urea groups is 1. The highest BCUT2D eigenvalue weighted by molar-refractivity contribution is 7.86. The molecular formula is C26H23Cl2FN6O4S. The second-order valence-corrected chi connectivity index (χ2v) is 10.6. The van der Waals surface area contributed by atoms with E-state index in [0.717, 1.165) is 17.7 Å². The van der Waals surface area contributed by atoms with Crippen molar-refractivity contribution in [3.63, 3.8) is 0 Å². The average molecular weight is 605 g/mol. The van der Waals surface area contributed by atoms with E-state index in [-0.39, 0.29) is 18.4 Å². The Kier molecular flexibility index (Phi) is 8.93. The van der Waals surface area contributed by atoms with Crippen LogP contribution >= 0.6 is 23.2 Å². The molecule has 3 aromatic carbocycles. The van der Waals surface area contributed by atoms with Crippen molar-refractivity contribution in [2.75, 3.05) is 23.3 Å². The van der Waals surface area contributed by atoms with Gasteiger partial charge in [0.1, 0.15) is 18.2 Å². The number of hydrogen-bond donors (Lipinski definition) is 4. The fourth-order valence-corrected chi connectivity index (χ4v) is 4.48. The first-order valence-corrected chi connectivity index (χ1v) is 13.8. The summed E-state index contributed by atoms with van der Waals surface area (Å²) in [6.07, 6.45) is 0.535. The molecule has 0 spiro atoms. The number of carbonyl (C=O) groups is 1. The van der Waals surface area contributed by atoms with Crippen LogP contribution in [0.25, 0.3) is 11.1 Å². The summed E-state index contributed by atoms with van der Waals surface area (Å²) in [4.78, 5) is 20.0. The van der Waals surface area contributed by atoms with Crippen LogP contribution in [0, 0.1) is 0 Å². The summed E-state index contributed by atoms with van der Waals surface area (Å²) in [7, 11) is -4.80. The summed E-state index contributed by atoms with van der Waals surface area (Å²) >= 11 is 12.2. The van der Waals surface area contributed by atoms with Crippen LogP contribution in [0.2, 0.25) is 10.0 Å². The molecule has 0 aliphatic heterocycles. The summed E-state index contributed by atoms with van der Waals surface area (Å²) in [6.45, 7) is 0.390. The molecule has 0 fully saturated rings. The van der Waals surface area contributed by atoms with Crippen LogP contribution in [0.1, 0.15) is 11.3 Å². The smallest absolute Gasteiger partial charge is 0.332 e. The number of hydrogen-bond acceptors (Lipinski definition) is 8. The Hall–Kier alpha value is -4.13. The molecule has 0 bridgehead atoms. The monoisotopic (exact) mass is 604 g/mol. The molecule has 208 valence electrons. The maximum Gasteiger partial charge on any atom is 0.332 e. The number of nitrogens with one attached hydrogen (secondary N) is 2. The van der Waals surface area contributed by atoms with Gasteiger partial charge in [-0.25, -0.2) is 9.78 Å². The van der Waals surface area contributed by atoms with Crippen molar-refractivity contribution >= 4 is 56.9 Å². The highest BCUT2D eigenvalue weighted by atomic mass is 35.5. The normalized spacial score (nSPS) is 11.2. The zero-order chi connectivity index (χ0) is 28.9. The number of nitrogens with two attached hydrogens (primary N) is 2. The Labute approximate surface area is 239 Å². The molecule has 1 aromatic heterocycles. The number of aromatic nitrogens is 2. The topological polar surface area (TPSA) is 162 Å². The lowest BCUT2D eigenvalue weighted by Gasteiger charge is -2.14. The molecule has 4 rings (SSSR count). The maximum absolute atomic E-state index is 13.0. The van der Waals surface area contributed by atoms with Crippen molar-refractivity contribution in [2.45, 2.75) is 17.9 Å². The van der Waals surface area contributed by atoms with Gasteiger partial charge in [0, 0.05) is 17.8 Å². The van der Waals surface area contributed by atoms with Gasteiger partial charge in [-0.1, -0.05) is 41.4 Å². The van der Waals surface area contributed by atoms with Crippen LogP contribution in [-0.4, -0.2) is 31.0 Å². The average Bonchev–Trinajstić information content (AvgIpc) is 2.89. The first-order valence-electron chi connectivity index (χ1n) is 11.7. The Morgan fingerprint density at radius 3 is 2.30 bits per heavy atom. The molecule has 4 aromatic rings. The number of carbonyl (C=O) groups excluding carboxylic acids is 1. The lowest BCUT2D eigenvalue weighted by atomic mass is 10.0. The molecule has 0 unspecified atom stereocenters. The van der Waals surface area contributed by atoms with Crippen molar-refractivity contribution in [1.29, 1.82) is 0 Å². The molecule has 40 heavy (non-hydrogen) atoms.